The van der Waals surface area contributed by atoms with Gasteiger partial charge in [-0.3, -0.25) is 0 Å². The third kappa shape index (κ3) is 1.11. The summed E-state index contributed by atoms with van der Waals surface area (Å²) in [5.74, 6) is 0.858. The van der Waals surface area contributed by atoms with Gasteiger partial charge in [0, 0.05) is 6.61 Å². The molecule has 0 unspecified atom stereocenters. The highest BCUT2D eigenvalue weighted by Gasteiger charge is 2.39. The zero-order valence-corrected chi connectivity index (χ0v) is 6.35. The third-order valence-corrected chi connectivity index (χ3v) is 2.65. The highest BCUT2D eigenvalue weighted by molar-refractivity contribution is 4.89. The molecule has 1 rings (SSSR count). The van der Waals surface area contributed by atoms with E-state index >= 15 is 0 Å². The standard InChI is InChI=1S/C8H16O/c1-3-8(6-9)4-7(2)5-8/h7,9H,3-6H2,1-2H3. The van der Waals surface area contributed by atoms with Crippen LogP contribution in [0.2, 0.25) is 0 Å². The van der Waals surface area contributed by atoms with Crippen molar-refractivity contribution in [3.8, 4) is 0 Å². The van der Waals surface area contributed by atoms with Crippen LogP contribution in [0.4, 0.5) is 0 Å². The van der Waals surface area contributed by atoms with Gasteiger partial charge in [0.25, 0.3) is 0 Å². The molecule has 0 heterocycles. The molecule has 1 heteroatoms. The quantitative estimate of drug-likeness (QED) is 0.601. The number of rotatable bonds is 2. The van der Waals surface area contributed by atoms with Crippen LogP contribution in [-0.2, 0) is 0 Å². The minimum atomic E-state index is 0.333. The zero-order valence-electron chi connectivity index (χ0n) is 6.35. The van der Waals surface area contributed by atoms with Crippen LogP contribution in [-0.4, -0.2) is 11.7 Å². The summed E-state index contributed by atoms with van der Waals surface area (Å²) in [5.41, 5.74) is 0.333. The van der Waals surface area contributed by atoms with Gasteiger partial charge in [-0.25, -0.2) is 0 Å². The predicted octanol–water partition coefficient (Wildman–Crippen LogP) is 1.80. The van der Waals surface area contributed by atoms with Gasteiger partial charge in [0.05, 0.1) is 0 Å². The molecular weight excluding hydrogens is 112 g/mol. The summed E-state index contributed by atoms with van der Waals surface area (Å²) in [6, 6.07) is 0. The summed E-state index contributed by atoms with van der Waals surface area (Å²) < 4.78 is 0. The summed E-state index contributed by atoms with van der Waals surface area (Å²) in [4.78, 5) is 0. The largest absolute Gasteiger partial charge is 0.396 e. The second kappa shape index (κ2) is 2.30. The third-order valence-electron chi connectivity index (χ3n) is 2.65. The first-order chi connectivity index (χ1) is 4.22. The van der Waals surface area contributed by atoms with Gasteiger partial charge in [0.1, 0.15) is 0 Å². The maximum atomic E-state index is 8.95. The van der Waals surface area contributed by atoms with E-state index in [0.717, 1.165) is 12.3 Å². The Balaban J connectivity index is 2.36. The van der Waals surface area contributed by atoms with Crippen LogP contribution in [0.3, 0.4) is 0 Å². The number of aliphatic hydroxyl groups excluding tert-OH is 1. The minimum absolute atomic E-state index is 0.333. The molecule has 0 aliphatic heterocycles. The molecule has 1 saturated carbocycles. The van der Waals surface area contributed by atoms with Crippen molar-refractivity contribution in [2.75, 3.05) is 6.61 Å². The maximum Gasteiger partial charge on any atom is 0.0487 e. The van der Waals surface area contributed by atoms with Crippen molar-refractivity contribution in [3.05, 3.63) is 0 Å². The van der Waals surface area contributed by atoms with Gasteiger partial charge in [0.2, 0.25) is 0 Å². The lowest BCUT2D eigenvalue weighted by molar-refractivity contribution is -0.00107. The monoisotopic (exact) mass is 128 g/mol. The average Bonchev–Trinajstić information content (AvgIpc) is 1.81. The van der Waals surface area contributed by atoms with Gasteiger partial charge < -0.3 is 5.11 Å². The van der Waals surface area contributed by atoms with E-state index in [1.54, 1.807) is 0 Å². The molecule has 0 radical (unpaired) electrons. The lowest BCUT2D eigenvalue weighted by Gasteiger charge is -2.44. The first kappa shape index (κ1) is 7.07. The summed E-state index contributed by atoms with van der Waals surface area (Å²) in [6.45, 7) is 4.82. The van der Waals surface area contributed by atoms with E-state index in [1.165, 1.54) is 12.8 Å². The van der Waals surface area contributed by atoms with Crippen molar-refractivity contribution in [2.45, 2.75) is 33.1 Å². The topological polar surface area (TPSA) is 20.2 Å². The molecule has 1 nitrogen and oxygen atoms in total. The van der Waals surface area contributed by atoms with E-state index in [9.17, 15) is 0 Å². The Morgan fingerprint density at radius 1 is 1.56 bits per heavy atom. The Kier molecular flexibility index (Phi) is 1.80. The van der Waals surface area contributed by atoms with Gasteiger partial charge in [-0.05, 0) is 30.6 Å². The van der Waals surface area contributed by atoms with Crippen LogP contribution in [0.1, 0.15) is 33.1 Å². The predicted molar refractivity (Wildman–Crippen MR) is 38.2 cm³/mol. The highest BCUT2D eigenvalue weighted by atomic mass is 16.3. The summed E-state index contributed by atoms with van der Waals surface area (Å²) in [6.07, 6.45) is 3.62. The summed E-state index contributed by atoms with van der Waals surface area (Å²) in [7, 11) is 0. The van der Waals surface area contributed by atoms with Gasteiger partial charge in [-0.15, -0.1) is 0 Å². The first-order valence-electron chi connectivity index (χ1n) is 3.83. The fourth-order valence-corrected chi connectivity index (χ4v) is 1.95. The molecule has 0 aromatic carbocycles. The average molecular weight is 128 g/mol. The highest BCUT2D eigenvalue weighted by Crippen LogP contribution is 2.47. The van der Waals surface area contributed by atoms with Crippen LogP contribution in [0.25, 0.3) is 0 Å². The van der Waals surface area contributed by atoms with Crippen LogP contribution < -0.4 is 0 Å². The van der Waals surface area contributed by atoms with Crippen LogP contribution in [0, 0.1) is 11.3 Å². The molecule has 0 aromatic heterocycles. The number of hydrogen-bond donors (Lipinski definition) is 1. The molecule has 0 aromatic rings. The normalized spacial score (nSPS) is 42.3. The molecule has 9 heavy (non-hydrogen) atoms. The van der Waals surface area contributed by atoms with E-state index in [0.29, 0.717) is 12.0 Å². The molecule has 1 aliphatic carbocycles. The number of hydrogen-bond acceptors (Lipinski definition) is 1. The smallest absolute Gasteiger partial charge is 0.0487 e. The molecule has 1 N–H and O–H groups in total. The van der Waals surface area contributed by atoms with E-state index in [4.69, 9.17) is 5.11 Å². The second-order valence-electron chi connectivity index (χ2n) is 3.53. The molecule has 1 aliphatic rings. The van der Waals surface area contributed by atoms with Gasteiger partial charge >= 0.3 is 0 Å². The molecular formula is C8H16O. The molecule has 54 valence electrons. The molecule has 0 spiro atoms. The van der Waals surface area contributed by atoms with E-state index in [2.05, 4.69) is 13.8 Å². The molecule has 0 amide bonds. The second-order valence-corrected chi connectivity index (χ2v) is 3.53. The first-order valence-corrected chi connectivity index (χ1v) is 3.83. The van der Waals surface area contributed by atoms with E-state index in [1.807, 2.05) is 0 Å². The van der Waals surface area contributed by atoms with Crippen molar-refractivity contribution < 1.29 is 5.11 Å². The van der Waals surface area contributed by atoms with Gasteiger partial charge in [0.15, 0.2) is 0 Å². The summed E-state index contributed by atoms with van der Waals surface area (Å²) >= 11 is 0. The zero-order chi connectivity index (χ0) is 6.91. The Morgan fingerprint density at radius 3 is 2.22 bits per heavy atom. The van der Waals surface area contributed by atoms with Gasteiger partial charge in [-0.1, -0.05) is 13.8 Å². The Labute approximate surface area is 57.1 Å². The van der Waals surface area contributed by atoms with Crippen molar-refractivity contribution in [2.24, 2.45) is 11.3 Å². The lowest BCUT2D eigenvalue weighted by atomic mass is 9.62. The van der Waals surface area contributed by atoms with Crippen molar-refractivity contribution in [3.63, 3.8) is 0 Å². The molecule has 1 fully saturated rings. The van der Waals surface area contributed by atoms with Crippen LogP contribution in [0.5, 0.6) is 0 Å². The molecule has 0 bridgehead atoms. The fourth-order valence-electron chi connectivity index (χ4n) is 1.95. The Morgan fingerprint density at radius 2 is 2.11 bits per heavy atom. The van der Waals surface area contributed by atoms with Crippen LogP contribution >= 0.6 is 0 Å². The van der Waals surface area contributed by atoms with Gasteiger partial charge in [-0.2, -0.15) is 0 Å². The van der Waals surface area contributed by atoms with E-state index < -0.39 is 0 Å². The van der Waals surface area contributed by atoms with Crippen molar-refractivity contribution in [1.29, 1.82) is 0 Å². The SMILES string of the molecule is CCC1(CO)CC(C)C1. The lowest BCUT2D eigenvalue weighted by Crippen LogP contribution is -2.38. The minimum Gasteiger partial charge on any atom is -0.396 e. The Bertz CT molecular complexity index is 86.7. The molecule has 0 saturated heterocycles. The van der Waals surface area contributed by atoms with Crippen LogP contribution in [0.15, 0.2) is 0 Å². The summed E-state index contributed by atoms with van der Waals surface area (Å²) in [5, 5.41) is 8.95. The Hall–Kier alpha value is -0.0400. The number of aliphatic hydroxyl groups is 1. The van der Waals surface area contributed by atoms with Crippen molar-refractivity contribution >= 4 is 0 Å². The maximum absolute atomic E-state index is 8.95. The fraction of sp³-hybridized carbons (Fsp3) is 1.00. The molecule has 0 atom stereocenters. The van der Waals surface area contributed by atoms with E-state index in [-0.39, 0.29) is 0 Å². The van der Waals surface area contributed by atoms with Crippen molar-refractivity contribution in [1.82, 2.24) is 0 Å².